The van der Waals surface area contributed by atoms with Gasteiger partial charge in [-0.15, -0.1) is 0 Å². The maximum Gasteiger partial charge on any atom is 0.0868 e. The molecule has 4 nitrogen and oxygen atoms in total. The van der Waals surface area contributed by atoms with Gasteiger partial charge in [0.25, 0.3) is 0 Å². The average Bonchev–Trinajstić information content (AvgIpc) is 2.46. The maximum absolute atomic E-state index is 6.20. The normalized spacial score (nSPS) is 10.3. The van der Waals surface area contributed by atoms with E-state index in [1.165, 1.54) is 11.8 Å². The monoisotopic (exact) mass is 288 g/mol. The SMILES string of the molecule is C=Cc1c(NC)cc(SC(=C)NC=NC)c(N)c1C=C. The minimum atomic E-state index is 0.662. The number of nitrogens with two attached hydrogens (primary N) is 1. The summed E-state index contributed by atoms with van der Waals surface area (Å²) < 4.78 is 0. The van der Waals surface area contributed by atoms with E-state index in [2.05, 4.69) is 35.4 Å². The van der Waals surface area contributed by atoms with Crippen molar-refractivity contribution < 1.29 is 0 Å². The highest BCUT2D eigenvalue weighted by atomic mass is 32.2. The first-order valence-electron chi connectivity index (χ1n) is 6.02. The zero-order valence-electron chi connectivity index (χ0n) is 11.9. The number of rotatable bonds is 7. The molecule has 4 N–H and O–H groups in total. The second-order valence-corrected chi connectivity index (χ2v) is 5.02. The number of aliphatic imine (C=N–C) groups is 1. The fraction of sp³-hybridized carbons (Fsp3) is 0.133. The summed E-state index contributed by atoms with van der Waals surface area (Å²) in [5, 5.41) is 6.85. The summed E-state index contributed by atoms with van der Waals surface area (Å²) in [5.74, 6) is 0. The van der Waals surface area contributed by atoms with Crippen LogP contribution in [0.15, 0.2) is 40.7 Å². The first kappa shape index (κ1) is 15.9. The van der Waals surface area contributed by atoms with E-state index >= 15 is 0 Å². The van der Waals surface area contributed by atoms with Crippen LogP contribution in [-0.2, 0) is 0 Å². The predicted molar refractivity (Wildman–Crippen MR) is 93.1 cm³/mol. The van der Waals surface area contributed by atoms with Gasteiger partial charge >= 0.3 is 0 Å². The Hall–Kier alpha value is -2.14. The molecular formula is C15H20N4S. The van der Waals surface area contributed by atoms with Crippen LogP contribution in [0.1, 0.15) is 11.1 Å². The lowest BCUT2D eigenvalue weighted by atomic mass is 10.0. The molecule has 0 atom stereocenters. The van der Waals surface area contributed by atoms with Crippen molar-refractivity contribution in [1.29, 1.82) is 0 Å². The molecule has 0 aliphatic rings. The van der Waals surface area contributed by atoms with Gasteiger partial charge in [0.2, 0.25) is 0 Å². The number of thioether (sulfide) groups is 1. The zero-order chi connectivity index (χ0) is 15.1. The van der Waals surface area contributed by atoms with Crippen LogP contribution in [0.25, 0.3) is 12.2 Å². The van der Waals surface area contributed by atoms with Gasteiger partial charge in [-0.3, -0.25) is 4.99 Å². The fourth-order valence-corrected chi connectivity index (χ4v) is 2.51. The highest BCUT2D eigenvalue weighted by Gasteiger charge is 2.13. The molecule has 1 aromatic carbocycles. The minimum absolute atomic E-state index is 0.662. The average molecular weight is 288 g/mol. The molecule has 1 aromatic rings. The summed E-state index contributed by atoms with van der Waals surface area (Å²) in [6.07, 6.45) is 5.09. The summed E-state index contributed by atoms with van der Waals surface area (Å²) in [5.41, 5.74) is 9.62. The van der Waals surface area contributed by atoms with E-state index < -0.39 is 0 Å². The molecule has 0 saturated heterocycles. The van der Waals surface area contributed by atoms with Crippen LogP contribution in [0.5, 0.6) is 0 Å². The molecule has 20 heavy (non-hydrogen) atoms. The number of nitrogens with zero attached hydrogens (tertiary/aromatic N) is 1. The van der Waals surface area contributed by atoms with Crippen molar-refractivity contribution >= 4 is 41.6 Å². The Bertz CT molecular complexity index is 561. The fourth-order valence-electron chi connectivity index (χ4n) is 1.74. The molecule has 0 spiro atoms. The van der Waals surface area contributed by atoms with Crippen LogP contribution in [0.2, 0.25) is 0 Å². The minimum Gasteiger partial charge on any atom is -0.397 e. The van der Waals surface area contributed by atoms with Gasteiger partial charge in [0.15, 0.2) is 0 Å². The van der Waals surface area contributed by atoms with Gasteiger partial charge in [-0.25, -0.2) is 0 Å². The Morgan fingerprint density at radius 2 is 2.00 bits per heavy atom. The molecule has 0 aromatic heterocycles. The van der Waals surface area contributed by atoms with Gasteiger partial charge in [-0.1, -0.05) is 43.7 Å². The standard InChI is InChI=1S/C15H20N4S/c1-6-11-12(7-2)15(16)14(8-13(11)18-5)20-10(3)19-9-17-4/h6-9,18H,1-3,16H2,4-5H3,(H,17,19). The van der Waals surface area contributed by atoms with Crippen molar-refractivity contribution in [2.75, 3.05) is 25.1 Å². The molecule has 0 aliphatic carbocycles. The molecule has 0 heterocycles. The smallest absolute Gasteiger partial charge is 0.0868 e. The molecule has 0 amide bonds. The van der Waals surface area contributed by atoms with E-state index in [4.69, 9.17) is 5.73 Å². The van der Waals surface area contributed by atoms with Crippen molar-refractivity contribution in [3.8, 4) is 0 Å². The zero-order valence-corrected chi connectivity index (χ0v) is 12.7. The van der Waals surface area contributed by atoms with Gasteiger partial charge < -0.3 is 16.4 Å². The molecule has 0 radical (unpaired) electrons. The Balaban J connectivity index is 3.24. The number of hydrogen-bond acceptors (Lipinski definition) is 4. The van der Waals surface area contributed by atoms with Crippen molar-refractivity contribution in [2.45, 2.75) is 4.90 Å². The Labute approximate surface area is 124 Å². The Morgan fingerprint density at radius 1 is 1.35 bits per heavy atom. The predicted octanol–water partition coefficient (Wildman–Crippen LogP) is 3.41. The topological polar surface area (TPSA) is 62.4 Å². The number of anilines is 2. The van der Waals surface area contributed by atoms with Gasteiger partial charge in [-0.05, 0) is 6.07 Å². The van der Waals surface area contributed by atoms with E-state index in [1.807, 2.05) is 13.1 Å². The van der Waals surface area contributed by atoms with E-state index in [-0.39, 0.29) is 0 Å². The summed E-state index contributed by atoms with van der Waals surface area (Å²) in [6, 6.07) is 1.97. The van der Waals surface area contributed by atoms with Crippen LogP contribution in [0.4, 0.5) is 11.4 Å². The van der Waals surface area contributed by atoms with E-state index in [1.54, 1.807) is 25.5 Å². The highest BCUT2D eigenvalue weighted by molar-refractivity contribution is 8.03. The molecule has 0 fully saturated rings. The Morgan fingerprint density at radius 3 is 2.50 bits per heavy atom. The third-order valence-corrected chi connectivity index (χ3v) is 3.60. The molecular weight excluding hydrogens is 268 g/mol. The van der Waals surface area contributed by atoms with E-state index in [0.29, 0.717) is 5.69 Å². The van der Waals surface area contributed by atoms with Crippen molar-refractivity contribution in [3.63, 3.8) is 0 Å². The quantitative estimate of drug-likeness (QED) is 0.311. The van der Waals surface area contributed by atoms with Crippen LogP contribution in [0, 0.1) is 0 Å². The third kappa shape index (κ3) is 3.45. The molecule has 0 unspecified atom stereocenters. The van der Waals surface area contributed by atoms with E-state index in [0.717, 1.165) is 26.7 Å². The molecule has 5 heteroatoms. The lowest BCUT2D eigenvalue weighted by molar-refractivity contribution is 1.26. The summed E-state index contributed by atoms with van der Waals surface area (Å²) in [7, 11) is 3.55. The molecule has 0 bridgehead atoms. The van der Waals surface area contributed by atoms with Gasteiger partial charge in [0.05, 0.1) is 17.1 Å². The van der Waals surface area contributed by atoms with Crippen LogP contribution in [0.3, 0.4) is 0 Å². The number of hydrogen-bond donors (Lipinski definition) is 3. The molecule has 0 saturated carbocycles. The van der Waals surface area contributed by atoms with Crippen LogP contribution >= 0.6 is 11.8 Å². The summed E-state index contributed by atoms with van der Waals surface area (Å²) in [4.78, 5) is 4.75. The van der Waals surface area contributed by atoms with E-state index in [9.17, 15) is 0 Å². The van der Waals surface area contributed by atoms with Crippen LogP contribution < -0.4 is 16.4 Å². The van der Waals surface area contributed by atoms with Gasteiger partial charge in [0.1, 0.15) is 0 Å². The number of nitrogen functional groups attached to an aromatic ring is 1. The lowest BCUT2D eigenvalue weighted by Crippen LogP contribution is -2.07. The largest absolute Gasteiger partial charge is 0.397 e. The second-order valence-electron chi connectivity index (χ2n) is 3.88. The number of benzene rings is 1. The molecule has 1 rings (SSSR count). The highest BCUT2D eigenvalue weighted by Crippen LogP contribution is 2.38. The van der Waals surface area contributed by atoms with Crippen LogP contribution in [-0.4, -0.2) is 20.4 Å². The third-order valence-electron chi connectivity index (χ3n) is 2.68. The van der Waals surface area contributed by atoms with Gasteiger partial charge in [0, 0.05) is 35.8 Å². The molecule has 106 valence electrons. The van der Waals surface area contributed by atoms with Gasteiger partial charge in [-0.2, -0.15) is 0 Å². The first-order chi connectivity index (χ1) is 9.58. The van der Waals surface area contributed by atoms with Crippen molar-refractivity contribution in [2.24, 2.45) is 4.99 Å². The maximum atomic E-state index is 6.20. The first-order valence-corrected chi connectivity index (χ1v) is 6.83. The Kier molecular flexibility index (Phi) is 5.93. The van der Waals surface area contributed by atoms with Crippen molar-refractivity contribution in [3.05, 3.63) is 42.0 Å². The van der Waals surface area contributed by atoms with Crippen molar-refractivity contribution in [1.82, 2.24) is 5.32 Å². The summed E-state index contributed by atoms with van der Waals surface area (Å²) in [6.45, 7) is 11.6. The second kappa shape index (κ2) is 7.45. The molecule has 0 aliphatic heterocycles. The lowest BCUT2D eigenvalue weighted by Gasteiger charge is -2.16. The summed E-state index contributed by atoms with van der Waals surface area (Å²) >= 11 is 1.44. The number of nitrogens with one attached hydrogen (secondary N) is 2.